The number of piperazine rings is 1. The Kier molecular flexibility index (Phi) is 5.26. The van der Waals surface area contributed by atoms with E-state index in [9.17, 15) is 4.79 Å². The molecule has 4 heterocycles. The van der Waals surface area contributed by atoms with Crippen molar-refractivity contribution < 1.29 is 4.79 Å². The van der Waals surface area contributed by atoms with Crippen LogP contribution in [0.25, 0.3) is 11.1 Å². The highest BCUT2D eigenvalue weighted by molar-refractivity contribution is 5.95. The topological polar surface area (TPSA) is 61.4 Å². The molecule has 2 aromatic carbocycles. The summed E-state index contributed by atoms with van der Waals surface area (Å²) in [4.78, 5) is 24.6. The van der Waals surface area contributed by atoms with Crippen LogP contribution < -0.4 is 5.32 Å². The van der Waals surface area contributed by atoms with Gasteiger partial charge in [-0.1, -0.05) is 36.4 Å². The number of hydrogen-bond acceptors (Lipinski definition) is 5. The minimum Gasteiger partial charge on any atom is -0.345 e. The molecule has 1 amide bonds. The fraction of sp³-hybridized carbons (Fsp3) is 0.320. The van der Waals surface area contributed by atoms with Crippen LogP contribution in [0, 0.1) is 0 Å². The quantitative estimate of drug-likeness (QED) is 0.697. The molecular weight excluding hydrogens is 386 g/mol. The fourth-order valence-electron chi connectivity index (χ4n) is 4.86. The lowest BCUT2D eigenvalue weighted by Gasteiger charge is -2.55. The molecule has 6 nitrogen and oxygen atoms in total. The van der Waals surface area contributed by atoms with Gasteiger partial charge in [0, 0.05) is 75.3 Å². The highest BCUT2D eigenvalue weighted by Crippen LogP contribution is 2.38. The molecule has 0 saturated carbocycles. The Balaban J connectivity index is 1.27. The van der Waals surface area contributed by atoms with Gasteiger partial charge < -0.3 is 10.2 Å². The van der Waals surface area contributed by atoms with Gasteiger partial charge in [0.1, 0.15) is 6.33 Å². The zero-order valence-corrected chi connectivity index (χ0v) is 17.9. The Hall–Kier alpha value is -3.09. The summed E-state index contributed by atoms with van der Waals surface area (Å²) in [7, 11) is 3.56. The molecule has 0 radical (unpaired) electrons. The number of hydrogen-bond donors (Lipinski definition) is 1. The van der Waals surface area contributed by atoms with Gasteiger partial charge in [0.15, 0.2) is 0 Å². The van der Waals surface area contributed by atoms with E-state index < -0.39 is 0 Å². The number of rotatable bonds is 5. The molecule has 6 heteroatoms. The first kappa shape index (κ1) is 19.8. The third-order valence-electron chi connectivity index (χ3n) is 6.37. The van der Waals surface area contributed by atoms with Gasteiger partial charge >= 0.3 is 0 Å². The molecule has 1 unspecified atom stereocenters. The van der Waals surface area contributed by atoms with E-state index in [0.717, 1.165) is 30.8 Å². The predicted octanol–water partition coefficient (Wildman–Crippen LogP) is 2.79. The van der Waals surface area contributed by atoms with Crippen molar-refractivity contribution in [3.8, 4) is 11.1 Å². The number of piperidine rings is 1. The molecule has 3 aromatic rings. The number of nitrogens with one attached hydrogen (secondary N) is 1. The van der Waals surface area contributed by atoms with E-state index in [2.05, 4.69) is 50.5 Å². The molecule has 3 saturated heterocycles. The Labute approximate surface area is 182 Å². The van der Waals surface area contributed by atoms with Crippen LogP contribution in [-0.2, 0) is 6.54 Å². The molecule has 158 valence electrons. The normalized spacial score (nSPS) is 22.6. The Morgan fingerprint density at radius 1 is 1.03 bits per heavy atom. The Bertz CT molecular complexity index is 1050. The summed E-state index contributed by atoms with van der Waals surface area (Å²) in [6, 6.07) is 17.7. The van der Waals surface area contributed by atoms with Crippen molar-refractivity contribution >= 4 is 5.91 Å². The van der Waals surface area contributed by atoms with Gasteiger partial charge in [0.2, 0.25) is 0 Å². The summed E-state index contributed by atoms with van der Waals surface area (Å²) >= 11 is 0. The number of fused-ring (bicyclic) bond motifs is 2. The monoisotopic (exact) mass is 413 g/mol. The summed E-state index contributed by atoms with van der Waals surface area (Å²) in [6.45, 7) is 2.97. The molecule has 31 heavy (non-hydrogen) atoms. The van der Waals surface area contributed by atoms with E-state index in [1.807, 2.05) is 30.6 Å². The van der Waals surface area contributed by atoms with Crippen LogP contribution in [-0.4, -0.2) is 64.9 Å². The maximum Gasteiger partial charge on any atom is 0.253 e. The summed E-state index contributed by atoms with van der Waals surface area (Å²) in [5.74, 6) is 0.581. The van der Waals surface area contributed by atoms with Crippen LogP contribution in [0.5, 0.6) is 0 Å². The van der Waals surface area contributed by atoms with Gasteiger partial charge in [0.25, 0.3) is 5.91 Å². The third kappa shape index (κ3) is 3.96. The summed E-state index contributed by atoms with van der Waals surface area (Å²) in [5.41, 5.74) is 5.48. The van der Waals surface area contributed by atoms with Crippen molar-refractivity contribution in [3.05, 3.63) is 83.9 Å². The molecule has 3 aliphatic heterocycles. The molecule has 3 aliphatic rings. The SMILES string of the molecule is CN(C)C(=O)c1cccc(-c2ccc(C3[C@@H]4CN(Cc5cncnc5)C[C@H]3N4)cc2)c1. The zero-order chi connectivity index (χ0) is 21.4. The number of benzene rings is 2. The lowest BCUT2D eigenvalue weighted by atomic mass is 9.74. The number of aromatic nitrogens is 2. The van der Waals surface area contributed by atoms with Gasteiger partial charge in [-0.15, -0.1) is 0 Å². The minimum atomic E-state index is 0.0263. The van der Waals surface area contributed by atoms with Crippen LogP contribution >= 0.6 is 0 Å². The molecule has 3 fully saturated rings. The van der Waals surface area contributed by atoms with E-state index >= 15 is 0 Å². The number of nitrogens with zero attached hydrogens (tertiary/aromatic N) is 4. The minimum absolute atomic E-state index is 0.0263. The van der Waals surface area contributed by atoms with E-state index in [0.29, 0.717) is 23.6 Å². The van der Waals surface area contributed by atoms with Crippen molar-refractivity contribution in [2.75, 3.05) is 27.2 Å². The second-order valence-corrected chi connectivity index (χ2v) is 8.75. The number of carbonyl (C=O) groups is 1. The van der Waals surface area contributed by atoms with Crippen molar-refractivity contribution in [2.24, 2.45) is 0 Å². The highest BCUT2D eigenvalue weighted by atomic mass is 16.2. The predicted molar refractivity (Wildman–Crippen MR) is 121 cm³/mol. The van der Waals surface area contributed by atoms with Crippen molar-refractivity contribution in [1.29, 1.82) is 0 Å². The first-order valence-corrected chi connectivity index (χ1v) is 10.7. The van der Waals surface area contributed by atoms with Crippen molar-refractivity contribution in [1.82, 2.24) is 25.1 Å². The first-order chi connectivity index (χ1) is 15.1. The van der Waals surface area contributed by atoms with Crippen molar-refractivity contribution in [2.45, 2.75) is 24.5 Å². The molecule has 2 bridgehead atoms. The molecule has 0 aliphatic carbocycles. The maximum atomic E-state index is 12.3. The van der Waals surface area contributed by atoms with Gasteiger partial charge in [-0.2, -0.15) is 0 Å². The average Bonchev–Trinajstić information content (AvgIpc) is 2.80. The van der Waals surface area contributed by atoms with Crippen LogP contribution in [0.2, 0.25) is 0 Å². The summed E-state index contributed by atoms with van der Waals surface area (Å²) in [5, 5.41) is 3.71. The van der Waals surface area contributed by atoms with Crippen LogP contribution in [0.1, 0.15) is 27.4 Å². The van der Waals surface area contributed by atoms with Crippen LogP contribution in [0.3, 0.4) is 0 Å². The second-order valence-electron chi connectivity index (χ2n) is 8.75. The average molecular weight is 414 g/mol. The molecule has 1 N–H and O–H groups in total. The second kappa shape index (κ2) is 8.21. The highest BCUT2D eigenvalue weighted by Gasteiger charge is 2.46. The lowest BCUT2D eigenvalue weighted by Crippen LogP contribution is -2.71. The smallest absolute Gasteiger partial charge is 0.253 e. The maximum absolute atomic E-state index is 12.3. The van der Waals surface area contributed by atoms with Gasteiger partial charge in [0.05, 0.1) is 0 Å². The largest absolute Gasteiger partial charge is 0.345 e. The fourth-order valence-corrected chi connectivity index (χ4v) is 4.86. The standard InChI is InChI=1S/C25H27N5O/c1-29(2)25(31)21-5-3-4-20(10-21)18-6-8-19(9-7-18)24-22-14-30(15-23(24)28-22)13-17-11-26-16-27-12-17/h3-12,16,22-24,28H,13-15H2,1-2H3/t22-,23+,24?. The van der Waals surface area contributed by atoms with Crippen LogP contribution in [0.4, 0.5) is 0 Å². The van der Waals surface area contributed by atoms with Crippen molar-refractivity contribution in [3.63, 3.8) is 0 Å². The summed E-state index contributed by atoms with van der Waals surface area (Å²) in [6.07, 6.45) is 5.38. The Morgan fingerprint density at radius 2 is 1.74 bits per heavy atom. The molecule has 0 spiro atoms. The number of carbonyl (C=O) groups excluding carboxylic acids is 1. The lowest BCUT2D eigenvalue weighted by molar-refractivity contribution is 0.0469. The van der Waals surface area contributed by atoms with Crippen LogP contribution in [0.15, 0.2) is 67.3 Å². The van der Waals surface area contributed by atoms with Gasteiger partial charge in [-0.3, -0.25) is 9.69 Å². The van der Waals surface area contributed by atoms with E-state index in [4.69, 9.17) is 0 Å². The zero-order valence-electron chi connectivity index (χ0n) is 17.9. The molecule has 1 aromatic heterocycles. The van der Waals surface area contributed by atoms with E-state index in [1.54, 1.807) is 25.3 Å². The number of amides is 1. The first-order valence-electron chi connectivity index (χ1n) is 10.7. The Morgan fingerprint density at radius 3 is 2.42 bits per heavy atom. The molecule has 6 rings (SSSR count). The van der Waals surface area contributed by atoms with E-state index in [-0.39, 0.29) is 5.91 Å². The van der Waals surface area contributed by atoms with E-state index in [1.165, 1.54) is 11.1 Å². The summed E-state index contributed by atoms with van der Waals surface area (Å²) < 4.78 is 0. The van der Waals surface area contributed by atoms with Gasteiger partial charge in [-0.25, -0.2) is 9.97 Å². The van der Waals surface area contributed by atoms with Gasteiger partial charge in [-0.05, 0) is 28.8 Å². The molecule has 3 atom stereocenters. The third-order valence-corrected chi connectivity index (χ3v) is 6.37. The molecular formula is C25H27N5O.